The molecule has 0 unspecified atom stereocenters. The Labute approximate surface area is 261 Å². The lowest BCUT2D eigenvalue weighted by molar-refractivity contribution is -0.115. The molecule has 2 amide bonds. The third-order valence-electron chi connectivity index (χ3n) is 6.71. The molecule has 4 aromatic carbocycles. The van der Waals surface area contributed by atoms with Gasteiger partial charge in [-0.2, -0.15) is 0 Å². The van der Waals surface area contributed by atoms with Crippen LogP contribution in [0.1, 0.15) is 22.3 Å². The van der Waals surface area contributed by atoms with E-state index in [0.717, 1.165) is 12.1 Å². The molecule has 2 aliphatic rings. The molecule has 0 atom stereocenters. The number of amides is 2. The largest absolute Gasteiger partial charge is 0.375 e. The Kier molecular flexibility index (Phi) is 9.03. The number of nitrogens with one attached hydrogen (secondary N) is 2. The van der Waals surface area contributed by atoms with Gasteiger partial charge in [-0.15, -0.1) is 0 Å². The number of nitrogens with zero attached hydrogens (tertiary/aromatic N) is 3. The average molecular weight is 638 g/mol. The van der Waals surface area contributed by atoms with Crippen molar-refractivity contribution < 1.29 is 22.8 Å². The molecule has 2 aliphatic heterocycles. The van der Waals surface area contributed by atoms with Gasteiger partial charge in [-0.25, -0.2) is 13.2 Å². The average Bonchev–Trinajstić information content (AvgIpc) is 3.24. The van der Waals surface area contributed by atoms with Crippen molar-refractivity contribution in [1.29, 1.82) is 0 Å². The van der Waals surface area contributed by atoms with E-state index in [2.05, 4.69) is 20.6 Å². The van der Waals surface area contributed by atoms with E-state index in [1.54, 1.807) is 61.5 Å². The van der Waals surface area contributed by atoms with E-state index in [1.165, 1.54) is 6.07 Å². The van der Waals surface area contributed by atoms with Gasteiger partial charge in [0.25, 0.3) is 0 Å². The van der Waals surface area contributed by atoms with Crippen molar-refractivity contribution >= 4 is 63.5 Å². The molecule has 2 heterocycles. The fourth-order valence-electron chi connectivity index (χ4n) is 4.67. The number of halogens is 5. The number of benzene rings is 4. The summed E-state index contributed by atoms with van der Waals surface area (Å²) in [5.74, 6) is -3.07. The van der Waals surface area contributed by atoms with Crippen LogP contribution in [-0.2, 0) is 9.59 Å². The smallest absolute Gasteiger partial charge is 0.246 e. The number of anilines is 3. The monoisotopic (exact) mass is 637 g/mol. The van der Waals surface area contributed by atoms with Crippen molar-refractivity contribution in [1.82, 2.24) is 0 Å². The highest BCUT2D eigenvalue weighted by Crippen LogP contribution is 2.32. The van der Waals surface area contributed by atoms with E-state index in [9.17, 15) is 22.8 Å². The first-order valence-corrected chi connectivity index (χ1v) is 14.0. The fourth-order valence-corrected chi connectivity index (χ4v) is 5.12. The second-order valence-electron chi connectivity index (χ2n) is 9.94. The third-order valence-corrected chi connectivity index (χ3v) is 7.37. The van der Waals surface area contributed by atoms with Crippen LogP contribution >= 0.6 is 23.2 Å². The zero-order valence-electron chi connectivity index (χ0n) is 23.4. The van der Waals surface area contributed by atoms with E-state index in [1.807, 2.05) is 12.1 Å². The zero-order valence-corrected chi connectivity index (χ0v) is 24.9. The Bertz CT molecular complexity index is 1860. The van der Waals surface area contributed by atoms with Gasteiger partial charge in [-0.3, -0.25) is 19.6 Å². The van der Waals surface area contributed by atoms with Crippen molar-refractivity contribution in [2.75, 3.05) is 42.7 Å². The molecular formula is C32H24Cl2F3N5O2. The molecule has 0 saturated heterocycles. The Morgan fingerprint density at radius 1 is 0.636 bits per heavy atom. The summed E-state index contributed by atoms with van der Waals surface area (Å²) in [4.78, 5) is 33.7. The molecule has 6 rings (SSSR count). The molecule has 12 heteroatoms. The van der Waals surface area contributed by atoms with Crippen LogP contribution in [0.15, 0.2) is 82.8 Å². The summed E-state index contributed by atoms with van der Waals surface area (Å²) in [7, 11) is 3.48. The molecule has 2 N–H and O–H groups in total. The minimum atomic E-state index is -1.03. The van der Waals surface area contributed by atoms with Gasteiger partial charge in [0.2, 0.25) is 11.8 Å². The molecule has 7 nitrogen and oxygen atoms in total. The van der Waals surface area contributed by atoms with Crippen LogP contribution in [-0.4, -0.2) is 50.4 Å². The molecule has 0 saturated carbocycles. The van der Waals surface area contributed by atoms with Crippen molar-refractivity contribution in [2.45, 2.75) is 0 Å². The fraction of sp³-hybridized carbons (Fsp3) is 0.125. The molecule has 0 radical (unpaired) electrons. The van der Waals surface area contributed by atoms with Gasteiger partial charge >= 0.3 is 0 Å². The summed E-state index contributed by atoms with van der Waals surface area (Å²) in [5, 5.41) is 6.20. The van der Waals surface area contributed by atoms with Crippen LogP contribution in [0.5, 0.6) is 0 Å². The normalized spacial score (nSPS) is 13.9. The Balaban J connectivity index is 0.000000175. The maximum absolute atomic E-state index is 14.4. The lowest BCUT2D eigenvalue weighted by Gasteiger charge is -2.18. The minimum absolute atomic E-state index is 0.0336. The van der Waals surface area contributed by atoms with Gasteiger partial charge in [-0.1, -0.05) is 59.6 Å². The Morgan fingerprint density at radius 3 is 1.55 bits per heavy atom. The highest BCUT2D eigenvalue weighted by Gasteiger charge is 2.23. The van der Waals surface area contributed by atoms with E-state index >= 15 is 0 Å². The van der Waals surface area contributed by atoms with Crippen molar-refractivity contribution in [3.63, 3.8) is 0 Å². The van der Waals surface area contributed by atoms with Gasteiger partial charge < -0.3 is 15.5 Å². The maximum Gasteiger partial charge on any atom is 0.246 e. The number of hydrogen-bond donors (Lipinski definition) is 2. The molecule has 44 heavy (non-hydrogen) atoms. The third kappa shape index (κ3) is 6.46. The van der Waals surface area contributed by atoms with Crippen LogP contribution < -0.4 is 15.5 Å². The Morgan fingerprint density at radius 2 is 1.07 bits per heavy atom. The number of carbonyl (C=O) groups excluding carboxylic acids is 2. The Hall–Kier alpha value is -4.67. The number of hydrogen-bond acceptors (Lipinski definition) is 5. The molecule has 224 valence electrons. The maximum atomic E-state index is 14.4. The van der Waals surface area contributed by atoms with E-state index < -0.39 is 17.5 Å². The van der Waals surface area contributed by atoms with Crippen molar-refractivity contribution in [3.8, 4) is 0 Å². The molecule has 0 fully saturated rings. The van der Waals surface area contributed by atoms with E-state index in [0.29, 0.717) is 55.1 Å². The number of benzodiazepines with no additional fused rings is 2. The van der Waals surface area contributed by atoms with E-state index in [-0.39, 0.29) is 30.5 Å². The molecule has 0 aliphatic carbocycles. The standard InChI is InChI=1S/C17H15ClFN3O.C15H9ClF2N2O/c1-22(2)15-8-14-11(7-13(15)19)17(20-9-16(23)21-14)10-5-3-4-6-12(10)18;16-10-4-2-1-3-8(10)15-9-5-11(17)12(18)6-13(9)20-14(21)7-19-15/h3-8H,9H2,1-2H3,(H,21,23);1-6H,7H2,(H,20,21). The second kappa shape index (κ2) is 12.9. The first-order valence-electron chi connectivity index (χ1n) is 13.2. The topological polar surface area (TPSA) is 86.2 Å². The van der Waals surface area contributed by atoms with Gasteiger partial charge in [0.05, 0.1) is 28.5 Å². The molecular weight excluding hydrogens is 614 g/mol. The lowest BCUT2D eigenvalue weighted by Crippen LogP contribution is -2.16. The predicted octanol–water partition coefficient (Wildman–Crippen LogP) is 6.74. The molecule has 0 spiro atoms. The van der Waals surface area contributed by atoms with Gasteiger partial charge in [0.15, 0.2) is 11.6 Å². The second-order valence-corrected chi connectivity index (χ2v) is 10.8. The van der Waals surface area contributed by atoms with Crippen LogP contribution in [0.25, 0.3) is 0 Å². The number of carbonyl (C=O) groups is 2. The van der Waals surface area contributed by atoms with Gasteiger partial charge in [-0.05, 0) is 30.3 Å². The lowest BCUT2D eigenvalue weighted by atomic mass is 9.99. The molecule has 0 aromatic heterocycles. The number of fused-ring (bicyclic) bond motifs is 2. The van der Waals surface area contributed by atoms with Crippen LogP contribution in [0.2, 0.25) is 10.0 Å². The molecule has 4 aromatic rings. The highest BCUT2D eigenvalue weighted by atomic mass is 35.5. The minimum Gasteiger partial charge on any atom is -0.375 e. The number of rotatable bonds is 3. The highest BCUT2D eigenvalue weighted by molar-refractivity contribution is 6.36. The summed E-state index contributed by atoms with van der Waals surface area (Å²) < 4.78 is 41.3. The first-order chi connectivity index (χ1) is 21.0. The summed E-state index contributed by atoms with van der Waals surface area (Å²) in [6.07, 6.45) is 0. The summed E-state index contributed by atoms with van der Waals surface area (Å²) in [6.45, 7) is -0.174. The summed E-state index contributed by atoms with van der Waals surface area (Å²) >= 11 is 12.4. The van der Waals surface area contributed by atoms with Crippen LogP contribution in [0, 0.1) is 17.5 Å². The van der Waals surface area contributed by atoms with Crippen LogP contribution in [0.4, 0.5) is 30.2 Å². The first kappa shape index (κ1) is 30.8. The number of aliphatic imine (C=N–C) groups is 2. The van der Waals surface area contributed by atoms with E-state index in [4.69, 9.17) is 23.2 Å². The van der Waals surface area contributed by atoms with Crippen molar-refractivity contribution in [3.05, 3.63) is 123 Å². The predicted molar refractivity (Wildman–Crippen MR) is 168 cm³/mol. The summed E-state index contributed by atoms with van der Waals surface area (Å²) in [6, 6.07) is 19.0. The molecule has 0 bridgehead atoms. The van der Waals surface area contributed by atoms with Gasteiger partial charge in [0, 0.05) is 52.5 Å². The SMILES string of the molecule is CN(C)c1cc2c(cc1F)C(c1ccccc1Cl)=NCC(=O)N2.O=C1CN=C(c2ccccc2Cl)c2cc(F)c(F)cc2N1. The van der Waals surface area contributed by atoms with Crippen molar-refractivity contribution in [2.24, 2.45) is 9.98 Å². The van der Waals surface area contributed by atoms with Gasteiger partial charge in [0.1, 0.15) is 18.9 Å². The quantitative estimate of drug-likeness (QED) is 0.261. The zero-order chi connectivity index (χ0) is 31.5. The van der Waals surface area contributed by atoms with Crippen LogP contribution in [0.3, 0.4) is 0 Å². The summed E-state index contributed by atoms with van der Waals surface area (Å²) in [5.41, 5.74) is 4.00.